The highest BCUT2D eigenvalue weighted by atomic mass is 16.5. The molecule has 0 aliphatic heterocycles. The topological polar surface area (TPSA) is 74.1 Å². The van der Waals surface area contributed by atoms with Crippen LogP contribution in [0.2, 0.25) is 0 Å². The first-order valence-electron chi connectivity index (χ1n) is 9.19. The van der Waals surface area contributed by atoms with E-state index in [0.717, 1.165) is 33.3 Å². The number of hydrogen-bond acceptors (Lipinski definition) is 5. The highest BCUT2D eigenvalue weighted by Crippen LogP contribution is 2.33. The van der Waals surface area contributed by atoms with Crippen LogP contribution < -0.4 is 4.74 Å². The number of carbonyl (C=O) groups excluding carboxylic acids is 2. The van der Waals surface area contributed by atoms with Crippen molar-refractivity contribution in [3.05, 3.63) is 50.8 Å². The van der Waals surface area contributed by atoms with Crippen LogP contribution in [-0.4, -0.2) is 26.5 Å². The van der Waals surface area contributed by atoms with Gasteiger partial charge in [-0.1, -0.05) is 0 Å². The molecule has 0 radical (unpaired) electrons. The van der Waals surface area contributed by atoms with Crippen LogP contribution in [0.3, 0.4) is 0 Å². The Bertz CT molecular complexity index is 1160. The van der Waals surface area contributed by atoms with Crippen LogP contribution in [-0.2, 0) is 11.8 Å². The second kappa shape index (κ2) is 6.86. The van der Waals surface area contributed by atoms with Crippen molar-refractivity contribution in [1.82, 2.24) is 14.8 Å². The van der Waals surface area contributed by atoms with Gasteiger partial charge in [0.1, 0.15) is 5.56 Å². The molecule has 0 atom stereocenters. The molecule has 28 heavy (non-hydrogen) atoms. The molecule has 146 valence electrons. The molecule has 6 heteroatoms. The molecule has 3 rings (SSSR count). The summed E-state index contributed by atoms with van der Waals surface area (Å²) in [5.74, 6) is -0.551. The van der Waals surface area contributed by atoms with E-state index in [1.54, 1.807) is 14.0 Å². The summed E-state index contributed by atoms with van der Waals surface area (Å²) in [5.41, 5.74) is 7.31. The Labute approximate surface area is 164 Å². The molecular weight excluding hydrogens is 354 g/mol. The SMILES string of the molecule is CC(=O)Oc1c(C(=O)c2cc(C)c3c(C)c(C)c(C)nc3c2C)c(C)nn1C. The molecule has 0 spiro atoms. The van der Waals surface area contributed by atoms with E-state index >= 15 is 0 Å². The first kappa shape index (κ1) is 19.7. The van der Waals surface area contributed by atoms with E-state index in [-0.39, 0.29) is 11.7 Å². The molecule has 0 aliphatic carbocycles. The summed E-state index contributed by atoms with van der Waals surface area (Å²) >= 11 is 0. The summed E-state index contributed by atoms with van der Waals surface area (Å²) < 4.78 is 6.70. The lowest BCUT2D eigenvalue weighted by atomic mass is 9.91. The Morgan fingerprint density at radius 2 is 1.61 bits per heavy atom. The summed E-state index contributed by atoms with van der Waals surface area (Å²) in [4.78, 5) is 29.7. The van der Waals surface area contributed by atoms with Crippen LogP contribution in [0.1, 0.15) is 56.5 Å². The van der Waals surface area contributed by atoms with Gasteiger partial charge in [0.2, 0.25) is 11.7 Å². The normalized spacial score (nSPS) is 11.1. The van der Waals surface area contributed by atoms with Gasteiger partial charge >= 0.3 is 5.97 Å². The van der Waals surface area contributed by atoms with Gasteiger partial charge in [-0.05, 0) is 69.9 Å². The number of hydrogen-bond donors (Lipinski definition) is 0. The van der Waals surface area contributed by atoms with E-state index in [1.165, 1.54) is 17.2 Å². The number of aromatic nitrogens is 3. The molecule has 0 fully saturated rings. The Kier molecular flexibility index (Phi) is 4.83. The van der Waals surface area contributed by atoms with Crippen molar-refractivity contribution in [3.63, 3.8) is 0 Å². The lowest BCUT2D eigenvalue weighted by Crippen LogP contribution is -2.12. The molecule has 2 heterocycles. The van der Waals surface area contributed by atoms with Crippen molar-refractivity contribution in [2.75, 3.05) is 0 Å². The lowest BCUT2D eigenvalue weighted by molar-refractivity contribution is -0.132. The molecule has 0 aliphatic rings. The monoisotopic (exact) mass is 379 g/mol. The van der Waals surface area contributed by atoms with Crippen LogP contribution in [0, 0.1) is 41.5 Å². The van der Waals surface area contributed by atoms with E-state index in [2.05, 4.69) is 18.9 Å². The van der Waals surface area contributed by atoms with Gasteiger partial charge in [-0.15, -0.1) is 0 Å². The number of benzene rings is 1. The fourth-order valence-corrected chi connectivity index (χ4v) is 3.74. The van der Waals surface area contributed by atoms with E-state index in [0.29, 0.717) is 16.8 Å². The fraction of sp³-hybridized carbons (Fsp3) is 0.364. The number of ketones is 1. The maximum Gasteiger partial charge on any atom is 0.309 e. The predicted octanol–water partition coefficient (Wildman–Crippen LogP) is 3.98. The van der Waals surface area contributed by atoms with Crippen molar-refractivity contribution >= 4 is 22.7 Å². The number of nitrogens with zero attached hydrogens (tertiary/aromatic N) is 3. The number of pyridine rings is 1. The maximum absolute atomic E-state index is 13.5. The van der Waals surface area contributed by atoms with Gasteiger partial charge in [-0.25, -0.2) is 4.68 Å². The minimum absolute atomic E-state index is 0.163. The van der Waals surface area contributed by atoms with Gasteiger partial charge in [0, 0.05) is 30.6 Å². The molecule has 2 aromatic heterocycles. The summed E-state index contributed by atoms with van der Waals surface area (Å²) in [7, 11) is 1.65. The molecule has 3 aromatic rings. The first-order valence-corrected chi connectivity index (χ1v) is 9.19. The number of esters is 1. The minimum atomic E-state index is -0.494. The molecule has 6 nitrogen and oxygen atoms in total. The van der Waals surface area contributed by atoms with Crippen LogP contribution in [0.25, 0.3) is 10.9 Å². The third kappa shape index (κ3) is 2.99. The first-order chi connectivity index (χ1) is 13.0. The average molecular weight is 379 g/mol. The number of rotatable bonds is 3. The number of aryl methyl sites for hydroxylation is 6. The Balaban J connectivity index is 2.29. The van der Waals surface area contributed by atoms with E-state index in [1.807, 2.05) is 26.8 Å². The predicted molar refractivity (Wildman–Crippen MR) is 108 cm³/mol. The molecule has 0 saturated heterocycles. The zero-order chi connectivity index (χ0) is 20.9. The van der Waals surface area contributed by atoms with Gasteiger partial charge in [-0.3, -0.25) is 14.6 Å². The van der Waals surface area contributed by atoms with Crippen LogP contribution in [0.4, 0.5) is 0 Å². The number of ether oxygens (including phenoxy) is 1. The van der Waals surface area contributed by atoms with Gasteiger partial charge in [0.05, 0.1) is 11.2 Å². The van der Waals surface area contributed by atoms with Crippen LogP contribution in [0.5, 0.6) is 5.88 Å². The maximum atomic E-state index is 13.5. The number of fused-ring (bicyclic) bond motifs is 1. The van der Waals surface area contributed by atoms with Gasteiger partial charge < -0.3 is 4.74 Å². The summed E-state index contributed by atoms with van der Waals surface area (Å²) in [6, 6.07) is 1.90. The molecule has 0 N–H and O–H groups in total. The third-order valence-corrected chi connectivity index (χ3v) is 5.39. The summed E-state index contributed by atoms with van der Waals surface area (Å²) in [5, 5.41) is 5.35. The standard InChI is InChI=1S/C22H25N3O3/c1-10-9-17(13(4)20-18(10)12(3)11(2)14(5)23-20)21(27)19-15(6)24-25(8)22(19)28-16(7)26/h9H,1-8H3. The molecule has 1 aromatic carbocycles. The second-order valence-corrected chi connectivity index (χ2v) is 7.35. The molecule has 0 bridgehead atoms. The van der Waals surface area contributed by atoms with Gasteiger partial charge in [0.25, 0.3) is 0 Å². The molecule has 0 amide bonds. The van der Waals surface area contributed by atoms with E-state index < -0.39 is 5.97 Å². The average Bonchev–Trinajstić information content (AvgIpc) is 2.87. The largest absolute Gasteiger partial charge is 0.407 e. The molecular formula is C22H25N3O3. The minimum Gasteiger partial charge on any atom is -0.407 e. The van der Waals surface area contributed by atoms with Crippen molar-refractivity contribution in [1.29, 1.82) is 0 Å². The second-order valence-electron chi connectivity index (χ2n) is 7.35. The van der Waals surface area contributed by atoms with Gasteiger partial charge in [-0.2, -0.15) is 5.10 Å². The van der Waals surface area contributed by atoms with E-state index in [4.69, 9.17) is 9.72 Å². The van der Waals surface area contributed by atoms with Crippen LogP contribution in [0.15, 0.2) is 6.07 Å². The van der Waals surface area contributed by atoms with E-state index in [9.17, 15) is 9.59 Å². The zero-order valence-electron chi connectivity index (χ0n) is 17.6. The summed E-state index contributed by atoms with van der Waals surface area (Å²) in [6.07, 6.45) is 0. The van der Waals surface area contributed by atoms with Crippen molar-refractivity contribution in [3.8, 4) is 5.88 Å². The van der Waals surface area contributed by atoms with Gasteiger partial charge in [0.15, 0.2) is 0 Å². The fourth-order valence-electron chi connectivity index (χ4n) is 3.74. The summed E-state index contributed by atoms with van der Waals surface area (Å²) in [6.45, 7) is 13.1. The highest BCUT2D eigenvalue weighted by molar-refractivity contribution is 6.14. The Hall–Kier alpha value is -3.02. The smallest absolute Gasteiger partial charge is 0.309 e. The molecule has 0 saturated carbocycles. The zero-order valence-corrected chi connectivity index (χ0v) is 17.6. The quantitative estimate of drug-likeness (QED) is 0.508. The Morgan fingerprint density at radius 3 is 2.21 bits per heavy atom. The van der Waals surface area contributed by atoms with Crippen molar-refractivity contribution in [2.45, 2.75) is 48.5 Å². The highest BCUT2D eigenvalue weighted by Gasteiger charge is 2.26. The molecule has 0 unspecified atom stereocenters. The van der Waals surface area contributed by atoms with Crippen molar-refractivity contribution in [2.24, 2.45) is 7.05 Å². The third-order valence-electron chi connectivity index (χ3n) is 5.39. The van der Waals surface area contributed by atoms with Crippen LogP contribution >= 0.6 is 0 Å². The lowest BCUT2D eigenvalue weighted by Gasteiger charge is -2.16. The van der Waals surface area contributed by atoms with Crippen molar-refractivity contribution < 1.29 is 14.3 Å². The number of carbonyl (C=O) groups is 2. The Morgan fingerprint density at radius 1 is 0.964 bits per heavy atom.